The van der Waals surface area contributed by atoms with Crippen molar-refractivity contribution in [2.75, 3.05) is 19.6 Å². The summed E-state index contributed by atoms with van der Waals surface area (Å²) in [6.45, 7) is 5.49. The van der Waals surface area contributed by atoms with Crippen molar-refractivity contribution in [2.45, 2.75) is 19.9 Å². The lowest BCUT2D eigenvalue weighted by atomic mass is 9.90. The largest absolute Gasteiger partial charge is 0.330 e. The smallest absolute Gasteiger partial charge is 0.128 e. The number of nitrogens with two attached hydrogens (primary N) is 1. The van der Waals surface area contributed by atoms with Crippen LogP contribution in [0.3, 0.4) is 0 Å². The van der Waals surface area contributed by atoms with E-state index >= 15 is 0 Å². The zero-order valence-electron chi connectivity index (χ0n) is 10.5. The summed E-state index contributed by atoms with van der Waals surface area (Å²) >= 11 is 3.41. The number of hydrogen-bond acceptors (Lipinski definition) is 2. The molecule has 5 heteroatoms. The molecule has 1 aliphatic rings. The van der Waals surface area contributed by atoms with E-state index in [0.29, 0.717) is 13.1 Å². The summed E-state index contributed by atoms with van der Waals surface area (Å²) in [6.07, 6.45) is 1.09. The van der Waals surface area contributed by atoms with Gasteiger partial charge in [-0.1, -0.05) is 28.9 Å². The Morgan fingerprint density at radius 2 is 2.22 bits per heavy atom. The average molecular weight is 338 g/mol. The molecule has 2 nitrogen and oxygen atoms in total. The molecule has 1 atom stereocenters. The van der Waals surface area contributed by atoms with Crippen LogP contribution in [0.5, 0.6) is 0 Å². The standard InChI is InChI=1S/C13H18BrFN2.ClH/c1-13(8-16)5-6-17(9-13)7-10-11(14)3-2-4-12(10)15;/h2-4H,5-9,16H2,1H3;1H. The van der Waals surface area contributed by atoms with Gasteiger partial charge >= 0.3 is 0 Å². The summed E-state index contributed by atoms with van der Waals surface area (Å²) in [5.74, 6) is -0.138. The highest BCUT2D eigenvalue weighted by molar-refractivity contribution is 9.10. The second-order valence-electron chi connectivity index (χ2n) is 5.18. The van der Waals surface area contributed by atoms with Crippen LogP contribution in [0.15, 0.2) is 22.7 Å². The normalized spacial score (nSPS) is 24.0. The minimum Gasteiger partial charge on any atom is -0.330 e. The monoisotopic (exact) mass is 336 g/mol. The maximum absolute atomic E-state index is 13.7. The Bertz CT molecular complexity index is 396. The van der Waals surface area contributed by atoms with Gasteiger partial charge in [-0.25, -0.2) is 4.39 Å². The molecule has 1 unspecified atom stereocenters. The molecule has 0 saturated carbocycles. The fraction of sp³-hybridized carbons (Fsp3) is 0.538. The Hall–Kier alpha value is -0.160. The third kappa shape index (κ3) is 3.44. The lowest BCUT2D eigenvalue weighted by Gasteiger charge is -2.23. The van der Waals surface area contributed by atoms with E-state index in [1.165, 1.54) is 6.07 Å². The molecular formula is C13H19BrClFN2. The Morgan fingerprint density at radius 1 is 1.50 bits per heavy atom. The minimum absolute atomic E-state index is 0. The maximum atomic E-state index is 13.7. The fourth-order valence-corrected chi connectivity index (χ4v) is 2.80. The summed E-state index contributed by atoms with van der Waals surface area (Å²) in [7, 11) is 0. The molecule has 1 saturated heterocycles. The van der Waals surface area contributed by atoms with Crippen molar-refractivity contribution in [1.82, 2.24) is 4.90 Å². The zero-order valence-corrected chi connectivity index (χ0v) is 12.9. The molecule has 2 rings (SSSR count). The van der Waals surface area contributed by atoms with Gasteiger partial charge in [-0.15, -0.1) is 12.4 Å². The van der Waals surface area contributed by atoms with Gasteiger partial charge in [-0.3, -0.25) is 4.90 Å². The molecule has 2 N–H and O–H groups in total. The molecular weight excluding hydrogens is 319 g/mol. The first kappa shape index (κ1) is 15.9. The topological polar surface area (TPSA) is 29.3 Å². The first-order chi connectivity index (χ1) is 8.04. The van der Waals surface area contributed by atoms with Gasteiger partial charge in [0.05, 0.1) is 0 Å². The highest BCUT2D eigenvalue weighted by atomic mass is 79.9. The third-order valence-electron chi connectivity index (χ3n) is 3.57. The predicted octanol–water partition coefficient (Wildman–Crippen LogP) is 3.18. The van der Waals surface area contributed by atoms with Crippen LogP contribution in [0.1, 0.15) is 18.9 Å². The zero-order chi connectivity index (χ0) is 12.5. The van der Waals surface area contributed by atoms with Gasteiger partial charge in [0, 0.05) is 23.1 Å². The summed E-state index contributed by atoms with van der Waals surface area (Å²) in [6, 6.07) is 5.12. The van der Waals surface area contributed by atoms with Gasteiger partial charge in [0.1, 0.15) is 5.82 Å². The number of rotatable bonds is 3. The van der Waals surface area contributed by atoms with Gasteiger partial charge < -0.3 is 5.73 Å². The Morgan fingerprint density at radius 3 is 2.78 bits per heavy atom. The number of benzene rings is 1. The highest BCUT2D eigenvalue weighted by Gasteiger charge is 2.32. The van der Waals surface area contributed by atoms with Crippen molar-refractivity contribution < 1.29 is 4.39 Å². The number of hydrogen-bond donors (Lipinski definition) is 1. The average Bonchev–Trinajstić information content (AvgIpc) is 2.67. The Labute approximate surface area is 122 Å². The van der Waals surface area contributed by atoms with E-state index in [-0.39, 0.29) is 23.6 Å². The number of likely N-dealkylation sites (tertiary alicyclic amines) is 1. The highest BCUT2D eigenvalue weighted by Crippen LogP contribution is 2.31. The van der Waals surface area contributed by atoms with Gasteiger partial charge in [0.25, 0.3) is 0 Å². The molecule has 0 aliphatic carbocycles. The maximum Gasteiger partial charge on any atom is 0.128 e. The van der Waals surface area contributed by atoms with Gasteiger partial charge in [0.15, 0.2) is 0 Å². The van der Waals surface area contributed by atoms with Crippen molar-refractivity contribution in [3.63, 3.8) is 0 Å². The Kier molecular flexibility index (Phi) is 5.59. The number of halogens is 3. The molecule has 1 aromatic carbocycles. The van der Waals surface area contributed by atoms with Crippen molar-refractivity contribution in [3.05, 3.63) is 34.1 Å². The first-order valence-electron chi connectivity index (χ1n) is 5.89. The van der Waals surface area contributed by atoms with Gasteiger partial charge in [0.2, 0.25) is 0 Å². The molecule has 1 aliphatic heterocycles. The molecule has 0 aromatic heterocycles. The van der Waals surface area contributed by atoms with E-state index < -0.39 is 0 Å². The molecule has 1 heterocycles. The molecule has 0 spiro atoms. The van der Waals surface area contributed by atoms with E-state index in [0.717, 1.165) is 29.5 Å². The van der Waals surface area contributed by atoms with E-state index in [1.807, 2.05) is 6.07 Å². The van der Waals surface area contributed by atoms with Gasteiger partial charge in [-0.05, 0) is 37.1 Å². The van der Waals surface area contributed by atoms with Crippen molar-refractivity contribution in [1.29, 1.82) is 0 Å². The minimum atomic E-state index is -0.138. The van der Waals surface area contributed by atoms with Crippen LogP contribution in [-0.4, -0.2) is 24.5 Å². The molecule has 1 fully saturated rings. The molecule has 0 radical (unpaired) electrons. The first-order valence-corrected chi connectivity index (χ1v) is 6.69. The van der Waals surface area contributed by atoms with Crippen LogP contribution in [0.2, 0.25) is 0 Å². The Balaban J connectivity index is 0.00000162. The van der Waals surface area contributed by atoms with E-state index in [9.17, 15) is 4.39 Å². The van der Waals surface area contributed by atoms with Crippen LogP contribution >= 0.6 is 28.3 Å². The number of nitrogens with zero attached hydrogens (tertiary/aromatic N) is 1. The second-order valence-corrected chi connectivity index (χ2v) is 6.03. The predicted molar refractivity (Wildman–Crippen MR) is 78.4 cm³/mol. The summed E-state index contributed by atoms with van der Waals surface area (Å²) in [4.78, 5) is 2.27. The van der Waals surface area contributed by atoms with Crippen molar-refractivity contribution >= 4 is 28.3 Å². The third-order valence-corrected chi connectivity index (χ3v) is 4.32. The molecule has 1 aromatic rings. The summed E-state index contributed by atoms with van der Waals surface area (Å²) < 4.78 is 14.5. The quantitative estimate of drug-likeness (QED) is 0.918. The molecule has 0 bridgehead atoms. The lowest BCUT2D eigenvalue weighted by Crippen LogP contribution is -2.31. The van der Waals surface area contributed by atoms with Crippen molar-refractivity contribution in [3.8, 4) is 0 Å². The van der Waals surface area contributed by atoms with E-state index in [2.05, 4.69) is 27.8 Å². The lowest BCUT2D eigenvalue weighted by molar-refractivity contribution is 0.271. The van der Waals surface area contributed by atoms with Gasteiger partial charge in [-0.2, -0.15) is 0 Å². The fourth-order valence-electron chi connectivity index (χ4n) is 2.33. The summed E-state index contributed by atoms with van der Waals surface area (Å²) in [5, 5.41) is 0. The van der Waals surface area contributed by atoms with Crippen LogP contribution < -0.4 is 5.73 Å². The van der Waals surface area contributed by atoms with Crippen molar-refractivity contribution in [2.24, 2.45) is 11.1 Å². The molecule has 0 amide bonds. The molecule has 18 heavy (non-hydrogen) atoms. The van der Waals surface area contributed by atoms with E-state index in [1.54, 1.807) is 6.07 Å². The van der Waals surface area contributed by atoms with Crippen LogP contribution in [0, 0.1) is 11.2 Å². The molecule has 102 valence electrons. The second kappa shape index (κ2) is 6.33. The van der Waals surface area contributed by atoms with Crippen LogP contribution in [0.25, 0.3) is 0 Å². The SMILES string of the molecule is CC1(CN)CCN(Cc2c(F)cccc2Br)C1.Cl. The van der Waals surface area contributed by atoms with Crippen LogP contribution in [-0.2, 0) is 6.54 Å². The van der Waals surface area contributed by atoms with E-state index in [4.69, 9.17) is 5.73 Å². The summed E-state index contributed by atoms with van der Waals surface area (Å²) in [5.41, 5.74) is 6.71. The van der Waals surface area contributed by atoms with Crippen LogP contribution in [0.4, 0.5) is 4.39 Å².